The highest BCUT2D eigenvalue weighted by Gasteiger charge is 2.02. The molecule has 0 bridgehead atoms. The molecule has 0 radical (unpaired) electrons. The lowest BCUT2D eigenvalue weighted by Gasteiger charge is -1.85. The van der Waals surface area contributed by atoms with Gasteiger partial charge in [-0.15, -0.1) is 0 Å². The summed E-state index contributed by atoms with van der Waals surface area (Å²) in [5, 5.41) is 8.09. The number of rotatable bonds is 1. The molecule has 1 heterocycles. The second-order valence-corrected chi connectivity index (χ2v) is 2.83. The minimum atomic E-state index is 0.0752. The SMILES string of the molecule is CC(=O)c1cc2ccccc2[nH]1.CO. The molecule has 0 aliphatic rings. The Kier molecular flexibility index (Phi) is 3.42. The predicted molar refractivity (Wildman–Crippen MR) is 56.4 cm³/mol. The molecule has 0 fully saturated rings. The van der Waals surface area contributed by atoms with Crippen molar-refractivity contribution in [1.82, 2.24) is 4.98 Å². The largest absolute Gasteiger partial charge is 0.400 e. The number of carbonyl (C=O) groups excluding carboxylic acids is 1. The molecule has 74 valence electrons. The minimum Gasteiger partial charge on any atom is -0.400 e. The van der Waals surface area contributed by atoms with Crippen LogP contribution in [-0.2, 0) is 0 Å². The molecule has 0 aliphatic heterocycles. The van der Waals surface area contributed by atoms with Crippen molar-refractivity contribution in [3.63, 3.8) is 0 Å². The average molecular weight is 191 g/mol. The molecule has 1 aromatic carbocycles. The van der Waals surface area contributed by atoms with E-state index in [2.05, 4.69) is 4.98 Å². The van der Waals surface area contributed by atoms with Gasteiger partial charge in [0, 0.05) is 24.9 Å². The number of H-pyrrole nitrogens is 1. The molecular formula is C11H13NO2. The molecule has 3 nitrogen and oxygen atoms in total. The molecule has 1 aromatic heterocycles. The summed E-state index contributed by atoms with van der Waals surface area (Å²) in [6, 6.07) is 9.72. The van der Waals surface area contributed by atoms with Crippen molar-refractivity contribution in [2.24, 2.45) is 0 Å². The first-order valence-electron chi connectivity index (χ1n) is 4.31. The fourth-order valence-corrected chi connectivity index (χ4v) is 1.26. The van der Waals surface area contributed by atoms with Crippen LogP contribution >= 0.6 is 0 Å². The van der Waals surface area contributed by atoms with Gasteiger partial charge < -0.3 is 10.1 Å². The van der Waals surface area contributed by atoms with E-state index in [0.29, 0.717) is 5.69 Å². The number of benzene rings is 1. The summed E-state index contributed by atoms with van der Waals surface area (Å²) in [4.78, 5) is 14.0. The average Bonchev–Trinajstić information content (AvgIpc) is 2.64. The minimum absolute atomic E-state index is 0.0752. The van der Waals surface area contributed by atoms with Gasteiger partial charge in [0.15, 0.2) is 5.78 Å². The number of carbonyl (C=O) groups is 1. The van der Waals surface area contributed by atoms with Crippen molar-refractivity contribution in [3.05, 3.63) is 36.0 Å². The lowest BCUT2D eigenvalue weighted by atomic mass is 10.2. The van der Waals surface area contributed by atoms with Crippen LogP contribution in [0.4, 0.5) is 0 Å². The van der Waals surface area contributed by atoms with Gasteiger partial charge in [-0.1, -0.05) is 18.2 Å². The Morgan fingerprint density at radius 3 is 2.50 bits per heavy atom. The van der Waals surface area contributed by atoms with Crippen molar-refractivity contribution in [3.8, 4) is 0 Å². The van der Waals surface area contributed by atoms with Gasteiger partial charge in [-0.05, 0) is 12.1 Å². The zero-order valence-electron chi connectivity index (χ0n) is 8.24. The molecule has 0 atom stereocenters. The predicted octanol–water partition coefficient (Wildman–Crippen LogP) is 1.98. The van der Waals surface area contributed by atoms with Crippen molar-refractivity contribution >= 4 is 16.7 Å². The van der Waals surface area contributed by atoms with Gasteiger partial charge in [0.25, 0.3) is 0 Å². The zero-order chi connectivity index (χ0) is 10.6. The fraction of sp³-hybridized carbons (Fsp3) is 0.182. The molecule has 0 spiro atoms. The molecule has 2 rings (SSSR count). The molecule has 14 heavy (non-hydrogen) atoms. The quantitative estimate of drug-likeness (QED) is 0.677. The van der Waals surface area contributed by atoms with Crippen LogP contribution in [0.2, 0.25) is 0 Å². The third kappa shape index (κ3) is 2.00. The first kappa shape index (κ1) is 10.5. The molecule has 2 aromatic rings. The van der Waals surface area contributed by atoms with Gasteiger partial charge >= 0.3 is 0 Å². The molecular weight excluding hydrogens is 178 g/mol. The molecule has 0 saturated heterocycles. The zero-order valence-corrected chi connectivity index (χ0v) is 8.24. The van der Waals surface area contributed by atoms with Crippen LogP contribution in [-0.4, -0.2) is 23.0 Å². The molecule has 0 unspecified atom stereocenters. The molecule has 2 N–H and O–H groups in total. The summed E-state index contributed by atoms with van der Waals surface area (Å²) in [6.45, 7) is 1.56. The highest BCUT2D eigenvalue weighted by atomic mass is 16.2. The Bertz CT molecular complexity index is 399. The third-order valence-corrected chi connectivity index (χ3v) is 1.91. The van der Waals surface area contributed by atoms with Gasteiger partial charge in [-0.2, -0.15) is 0 Å². The van der Waals surface area contributed by atoms with Gasteiger partial charge in [0.05, 0.1) is 5.69 Å². The van der Waals surface area contributed by atoms with E-state index in [0.717, 1.165) is 18.0 Å². The highest BCUT2D eigenvalue weighted by molar-refractivity contribution is 5.97. The smallest absolute Gasteiger partial charge is 0.175 e. The monoisotopic (exact) mass is 191 g/mol. The van der Waals surface area contributed by atoms with Crippen LogP contribution in [0.25, 0.3) is 10.9 Å². The number of aliphatic hydroxyl groups is 1. The van der Waals surface area contributed by atoms with E-state index in [1.165, 1.54) is 0 Å². The van der Waals surface area contributed by atoms with Crippen LogP contribution in [0.1, 0.15) is 17.4 Å². The lowest BCUT2D eigenvalue weighted by molar-refractivity contribution is 0.101. The van der Waals surface area contributed by atoms with E-state index in [9.17, 15) is 4.79 Å². The van der Waals surface area contributed by atoms with E-state index >= 15 is 0 Å². The van der Waals surface area contributed by atoms with E-state index in [4.69, 9.17) is 5.11 Å². The van der Waals surface area contributed by atoms with Crippen molar-refractivity contribution in [1.29, 1.82) is 0 Å². The summed E-state index contributed by atoms with van der Waals surface area (Å²) in [7, 11) is 1.00. The Morgan fingerprint density at radius 2 is 1.93 bits per heavy atom. The first-order chi connectivity index (χ1) is 6.77. The van der Waals surface area contributed by atoms with Crippen LogP contribution < -0.4 is 0 Å². The Labute approximate surface area is 82.4 Å². The number of hydrogen-bond acceptors (Lipinski definition) is 2. The van der Waals surface area contributed by atoms with E-state index in [-0.39, 0.29) is 5.78 Å². The maximum Gasteiger partial charge on any atom is 0.175 e. The number of fused-ring (bicyclic) bond motifs is 1. The second-order valence-electron chi connectivity index (χ2n) is 2.83. The number of para-hydroxylation sites is 1. The third-order valence-electron chi connectivity index (χ3n) is 1.91. The molecule has 0 saturated carbocycles. The summed E-state index contributed by atoms with van der Waals surface area (Å²) in [5.41, 5.74) is 1.69. The van der Waals surface area contributed by atoms with Gasteiger partial charge in [0.1, 0.15) is 0 Å². The molecule has 0 amide bonds. The normalized spacial score (nSPS) is 9.36. The van der Waals surface area contributed by atoms with Crippen LogP contribution in [0.5, 0.6) is 0 Å². The summed E-state index contributed by atoms with van der Waals surface area (Å²) in [5.74, 6) is 0.0752. The number of hydrogen-bond donors (Lipinski definition) is 2. The van der Waals surface area contributed by atoms with Gasteiger partial charge in [0.2, 0.25) is 0 Å². The van der Waals surface area contributed by atoms with Crippen LogP contribution in [0, 0.1) is 0 Å². The Hall–Kier alpha value is -1.61. The van der Waals surface area contributed by atoms with Crippen LogP contribution in [0.15, 0.2) is 30.3 Å². The van der Waals surface area contributed by atoms with Crippen molar-refractivity contribution in [2.45, 2.75) is 6.92 Å². The summed E-state index contributed by atoms with van der Waals surface area (Å²) in [6.07, 6.45) is 0. The Balaban J connectivity index is 0.000000461. The number of Topliss-reactive ketones (excluding diaryl/α,β-unsaturated/α-hetero) is 1. The number of ketones is 1. The number of nitrogens with one attached hydrogen (secondary N) is 1. The topological polar surface area (TPSA) is 53.1 Å². The Morgan fingerprint density at radius 1 is 1.29 bits per heavy atom. The number of aromatic nitrogens is 1. The van der Waals surface area contributed by atoms with E-state index in [1.807, 2.05) is 30.3 Å². The number of aliphatic hydroxyl groups excluding tert-OH is 1. The fourth-order valence-electron chi connectivity index (χ4n) is 1.26. The standard InChI is InChI=1S/C10H9NO.CH4O/c1-7(12)10-6-8-4-2-3-5-9(8)11-10;1-2/h2-6,11H,1H3;2H,1H3. The summed E-state index contributed by atoms with van der Waals surface area (Å²) >= 11 is 0. The summed E-state index contributed by atoms with van der Waals surface area (Å²) < 4.78 is 0. The maximum atomic E-state index is 11.0. The van der Waals surface area contributed by atoms with Crippen LogP contribution in [0.3, 0.4) is 0 Å². The van der Waals surface area contributed by atoms with E-state index in [1.54, 1.807) is 6.92 Å². The molecule has 3 heteroatoms. The lowest BCUT2D eigenvalue weighted by Crippen LogP contribution is -1.89. The van der Waals surface area contributed by atoms with Gasteiger partial charge in [-0.3, -0.25) is 4.79 Å². The first-order valence-corrected chi connectivity index (χ1v) is 4.31. The number of aromatic amines is 1. The van der Waals surface area contributed by atoms with Crippen molar-refractivity contribution in [2.75, 3.05) is 7.11 Å². The molecule has 0 aliphatic carbocycles. The van der Waals surface area contributed by atoms with Crippen molar-refractivity contribution < 1.29 is 9.90 Å². The maximum absolute atomic E-state index is 11.0. The highest BCUT2D eigenvalue weighted by Crippen LogP contribution is 2.14. The van der Waals surface area contributed by atoms with Gasteiger partial charge in [-0.25, -0.2) is 0 Å². The van der Waals surface area contributed by atoms with E-state index < -0.39 is 0 Å². The second kappa shape index (κ2) is 4.58.